The minimum Gasteiger partial charge on any atom is -0.350 e. The Morgan fingerprint density at radius 2 is 1.46 bits per heavy atom. The van der Waals surface area contributed by atoms with Crippen molar-refractivity contribution in [3.8, 4) is 0 Å². The molecule has 242 valence electrons. The van der Waals surface area contributed by atoms with E-state index in [1.165, 1.54) is 40.9 Å². The number of nitrogens with zero attached hydrogens (tertiary/aromatic N) is 2. The predicted octanol–water partition coefficient (Wildman–Crippen LogP) is 6.61. The number of nitrogens with one attached hydrogen (secondary N) is 1. The van der Waals surface area contributed by atoms with Crippen LogP contribution in [0.15, 0.2) is 113 Å². The zero-order valence-electron chi connectivity index (χ0n) is 26.7. The number of rotatable bonds is 12. The number of carbonyl (C=O) groups is 2. The lowest BCUT2D eigenvalue weighted by atomic mass is 10.0. The number of hydrogen-bond donors (Lipinski definition) is 1. The number of hydrogen-bond acceptors (Lipinski definition) is 5. The molecule has 4 rings (SSSR count). The van der Waals surface area contributed by atoms with Crippen LogP contribution in [0, 0.1) is 12.7 Å². The van der Waals surface area contributed by atoms with E-state index in [2.05, 4.69) is 5.32 Å². The van der Waals surface area contributed by atoms with Crippen LogP contribution in [-0.4, -0.2) is 49.5 Å². The highest BCUT2D eigenvalue weighted by molar-refractivity contribution is 7.98. The van der Waals surface area contributed by atoms with Crippen LogP contribution in [0.3, 0.4) is 0 Å². The molecule has 7 nitrogen and oxygen atoms in total. The maximum absolute atomic E-state index is 14.5. The molecule has 0 spiro atoms. The molecular formula is C36H40FN3O4S2. The molecule has 0 bridgehead atoms. The fourth-order valence-electron chi connectivity index (χ4n) is 4.91. The third-order valence-electron chi connectivity index (χ3n) is 7.28. The number of thioether (sulfide) groups is 1. The summed E-state index contributed by atoms with van der Waals surface area (Å²) in [5.41, 5.74) is 2.06. The zero-order valence-corrected chi connectivity index (χ0v) is 28.4. The van der Waals surface area contributed by atoms with Gasteiger partial charge in [0.25, 0.3) is 10.0 Å². The quantitative estimate of drug-likeness (QED) is 0.173. The summed E-state index contributed by atoms with van der Waals surface area (Å²) in [5, 5.41) is 3.00. The number of anilines is 1. The summed E-state index contributed by atoms with van der Waals surface area (Å²) in [6, 6.07) is 27.4. The summed E-state index contributed by atoms with van der Waals surface area (Å²) in [6.45, 7) is 6.84. The van der Waals surface area contributed by atoms with Crippen molar-refractivity contribution in [2.75, 3.05) is 17.1 Å². The maximum atomic E-state index is 14.5. The monoisotopic (exact) mass is 661 g/mol. The normalized spacial score (nSPS) is 12.3. The molecule has 4 aromatic rings. The Hall–Kier alpha value is -4.15. The Bertz CT molecular complexity index is 1720. The first-order valence-corrected chi connectivity index (χ1v) is 17.6. The van der Waals surface area contributed by atoms with Gasteiger partial charge in [0, 0.05) is 23.4 Å². The van der Waals surface area contributed by atoms with E-state index >= 15 is 0 Å². The van der Waals surface area contributed by atoms with Crippen molar-refractivity contribution < 1.29 is 22.4 Å². The Morgan fingerprint density at radius 3 is 2.02 bits per heavy atom. The van der Waals surface area contributed by atoms with Gasteiger partial charge in [-0.15, -0.1) is 11.8 Å². The molecule has 10 heteroatoms. The van der Waals surface area contributed by atoms with Gasteiger partial charge in [-0.25, -0.2) is 12.8 Å². The van der Waals surface area contributed by atoms with Gasteiger partial charge in [0.05, 0.1) is 10.6 Å². The van der Waals surface area contributed by atoms with Crippen molar-refractivity contribution in [1.82, 2.24) is 10.2 Å². The van der Waals surface area contributed by atoms with Crippen molar-refractivity contribution >= 4 is 39.3 Å². The van der Waals surface area contributed by atoms with Gasteiger partial charge in [-0.2, -0.15) is 0 Å². The molecule has 0 aliphatic carbocycles. The van der Waals surface area contributed by atoms with Gasteiger partial charge in [0.2, 0.25) is 11.8 Å². The maximum Gasteiger partial charge on any atom is 0.264 e. The van der Waals surface area contributed by atoms with Crippen LogP contribution in [0.25, 0.3) is 0 Å². The lowest BCUT2D eigenvalue weighted by Crippen LogP contribution is -2.56. The Kier molecular flexibility index (Phi) is 11.3. The van der Waals surface area contributed by atoms with E-state index in [1.54, 1.807) is 48.5 Å². The van der Waals surface area contributed by atoms with Gasteiger partial charge in [0.1, 0.15) is 18.4 Å². The van der Waals surface area contributed by atoms with Crippen LogP contribution in [0.5, 0.6) is 0 Å². The van der Waals surface area contributed by atoms with E-state index in [-0.39, 0.29) is 23.8 Å². The highest BCUT2D eigenvalue weighted by atomic mass is 32.2. The van der Waals surface area contributed by atoms with Crippen LogP contribution in [-0.2, 0) is 32.6 Å². The minimum atomic E-state index is -4.21. The van der Waals surface area contributed by atoms with Gasteiger partial charge in [-0.3, -0.25) is 13.9 Å². The minimum absolute atomic E-state index is 0.0371. The number of aryl methyl sites for hydroxylation is 1. The highest BCUT2D eigenvalue weighted by Gasteiger charge is 2.35. The number of sulfonamides is 1. The van der Waals surface area contributed by atoms with Crippen molar-refractivity contribution in [3.63, 3.8) is 0 Å². The van der Waals surface area contributed by atoms with Crippen LogP contribution in [0.2, 0.25) is 0 Å². The molecule has 2 amide bonds. The molecule has 0 aliphatic rings. The molecule has 0 aliphatic heterocycles. The van der Waals surface area contributed by atoms with E-state index in [0.29, 0.717) is 11.3 Å². The zero-order chi connectivity index (χ0) is 33.5. The predicted molar refractivity (Wildman–Crippen MR) is 183 cm³/mol. The van der Waals surface area contributed by atoms with E-state index in [9.17, 15) is 22.4 Å². The SMILES string of the molecule is CSc1ccc(S(=O)(=O)N(CC(=O)N(Cc2ccc(F)cc2)C(Cc2ccccc2)C(=O)NC(C)(C)C)c2ccc(C)cc2)cc1. The van der Waals surface area contributed by atoms with Gasteiger partial charge in [0.15, 0.2) is 0 Å². The first-order chi connectivity index (χ1) is 21.8. The number of amides is 2. The van der Waals surface area contributed by atoms with Gasteiger partial charge >= 0.3 is 0 Å². The standard InChI is InChI=1S/C36H40FN3O4S2/c1-26-11-17-30(18-12-26)40(46(43,44)32-21-19-31(45-5)20-22-32)25-34(41)39(24-28-13-15-29(37)16-14-28)33(35(42)38-36(2,3)4)23-27-9-7-6-8-10-27/h6-22,33H,23-25H2,1-5H3,(H,38,42). The summed E-state index contributed by atoms with van der Waals surface area (Å²) in [4.78, 5) is 30.8. The highest BCUT2D eigenvalue weighted by Crippen LogP contribution is 2.27. The first-order valence-electron chi connectivity index (χ1n) is 14.9. The van der Waals surface area contributed by atoms with Crippen molar-refractivity contribution in [2.24, 2.45) is 0 Å². The molecule has 1 unspecified atom stereocenters. The fraction of sp³-hybridized carbons (Fsp3) is 0.278. The number of halogens is 1. The van der Waals surface area contributed by atoms with Gasteiger partial charge in [-0.1, -0.05) is 60.2 Å². The van der Waals surface area contributed by atoms with Crippen molar-refractivity contribution in [3.05, 3.63) is 126 Å². The summed E-state index contributed by atoms with van der Waals surface area (Å²) >= 11 is 1.49. The second-order valence-corrected chi connectivity index (χ2v) is 14.9. The summed E-state index contributed by atoms with van der Waals surface area (Å²) in [6.07, 6.45) is 2.08. The third-order valence-corrected chi connectivity index (χ3v) is 9.82. The van der Waals surface area contributed by atoms with E-state index < -0.39 is 39.9 Å². The number of benzene rings is 4. The average Bonchev–Trinajstić information content (AvgIpc) is 3.02. The van der Waals surface area contributed by atoms with Crippen LogP contribution >= 0.6 is 11.8 Å². The van der Waals surface area contributed by atoms with E-state index in [0.717, 1.165) is 20.3 Å². The largest absolute Gasteiger partial charge is 0.350 e. The molecule has 4 aromatic carbocycles. The Labute approximate surface area is 275 Å². The molecule has 0 fully saturated rings. The first kappa shape index (κ1) is 34.7. The summed E-state index contributed by atoms with van der Waals surface area (Å²) in [5.74, 6) is -1.40. The molecule has 1 atom stereocenters. The van der Waals surface area contributed by atoms with Crippen LogP contribution in [0.1, 0.15) is 37.5 Å². The van der Waals surface area contributed by atoms with Crippen LogP contribution in [0.4, 0.5) is 10.1 Å². The second-order valence-electron chi connectivity index (χ2n) is 12.1. The smallest absolute Gasteiger partial charge is 0.264 e. The second kappa shape index (κ2) is 15.0. The third kappa shape index (κ3) is 9.20. The molecule has 0 radical (unpaired) electrons. The molecule has 0 saturated carbocycles. The van der Waals surface area contributed by atoms with E-state index in [4.69, 9.17) is 0 Å². The van der Waals surface area contributed by atoms with Crippen LogP contribution < -0.4 is 9.62 Å². The molecule has 0 saturated heterocycles. The Morgan fingerprint density at radius 1 is 0.848 bits per heavy atom. The molecular weight excluding hydrogens is 622 g/mol. The lowest BCUT2D eigenvalue weighted by molar-refractivity contribution is -0.140. The Balaban J connectivity index is 1.81. The average molecular weight is 662 g/mol. The molecule has 1 N–H and O–H groups in total. The van der Waals surface area contributed by atoms with Crippen molar-refractivity contribution in [2.45, 2.75) is 62.0 Å². The number of carbonyl (C=O) groups excluding carboxylic acids is 2. The fourth-order valence-corrected chi connectivity index (χ4v) is 6.73. The topological polar surface area (TPSA) is 86.8 Å². The molecule has 46 heavy (non-hydrogen) atoms. The van der Waals surface area contributed by atoms with Gasteiger partial charge < -0.3 is 10.2 Å². The van der Waals surface area contributed by atoms with Gasteiger partial charge in [-0.05, 0) is 93.6 Å². The summed E-state index contributed by atoms with van der Waals surface area (Å²) < 4.78 is 43.3. The van der Waals surface area contributed by atoms with Crippen molar-refractivity contribution in [1.29, 1.82) is 0 Å². The molecule has 0 aromatic heterocycles. The summed E-state index contributed by atoms with van der Waals surface area (Å²) in [7, 11) is -4.21. The molecule has 0 heterocycles. The lowest BCUT2D eigenvalue weighted by Gasteiger charge is -2.35. The van der Waals surface area contributed by atoms with E-state index in [1.807, 2.05) is 64.3 Å².